The van der Waals surface area contributed by atoms with Gasteiger partial charge in [0.25, 0.3) is 0 Å². The molecule has 1 aromatic rings. The molecule has 0 bridgehead atoms. The third-order valence-corrected chi connectivity index (χ3v) is 1.90. The molecule has 0 aromatic heterocycles. The molecule has 0 amide bonds. The van der Waals surface area contributed by atoms with Gasteiger partial charge in [-0.15, -0.1) is 13.2 Å². The summed E-state index contributed by atoms with van der Waals surface area (Å²) in [5.74, 6) is -0.255. The van der Waals surface area contributed by atoms with Crippen LogP contribution in [0.3, 0.4) is 0 Å². The molecule has 0 saturated heterocycles. The normalized spacial score (nSPS) is 12.7. The van der Waals surface area contributed by atoms with Gasteiger partial charge in [-0.05, 0) is 17.7 Å². The zero-order valence-corrected chi connectivity index (χ0v) is 11.0. The second-order valence-electron chi connectivity index (χ2n) is 5.07. The first-order valence-corrected chi connectivity index (χ1v) is 5.67. The van der Waals surface area contributed by atoms with E-state index in [-0.39, 0.29) is 17.8 Å². The number of oxime groups is 1. The van der Waals surface area contributed by atoms with E-state index >= 15 is 0 Å². The Labute approximate surface area is 110 Å². The highest BCUT2D eigenvalue weighted by molar-refractivity contribution is 5.63. The van der Waals surface area contributed by atoms with Crippen molar-refractivity contribution < 1.29 is 22.7 Å². The van der Waals surface area contributed by atoms with Crippen molar-refractivity contribution in [1.82, 2.24) is 0 Å². The summed E-state index contributed by atoms with van der Waals surface area (Å²) in [5, 5.41) is 3.78. The Balaban J connectivity index is 2.47. The van der Waals surface area contributed by atoms with E-state index < -0.39 is 6.36 Å². The molecule has 3 nitrogen and oxygen atoms in total. The Bertz CT molecular complexity index is 419. The second kappa shape index (κ2) is 5.95. The minimum Gasteiger partial charge on any atom is -0.406 e. The highest BCUT2D eigenvalue weighted by atomic mass is 19.4. The van der Waals surface area contributed by atoms with Crippen LogP contribution in [0.15, 0.2) is 29.4 Å². The largest absolute Gasteiger partial charge is 0.573 e. The molecule has 0 unspecified atom stereocenters. The number of nitrogens with zero attached hydrogens (tertiary/aromatic N) is 1. The standard InChI is InChI=1S/C13H16F3NO2/c1-12(2,3)9-17-18-8-10-4-6-11(7-5-10)19-13(14,15)16/h4-7,9H,8H2,1-3H3. The van der Waals surface area contributed by atoms with Crippen LogP contribution in [0.5, 0.6) is 5.75 Å². The number of hydrogen-bond donors (Lipinski definition) is 0. The van der Waals surface area contributed by atoms with Crippen LogP contribution in [0, 0.1) is 5.41 Å². The molecule has 0 atom stereocenters. The van der Waals surface area contributed by atoms with Gasteiger partial charge in [0.1, 0.15) is 12.4 Å². The molecular formula is C13H16F3NO2. The van der Waals surface area contributed by atoms with E-state index in [1.54, 1.807) is 6.21 Å². The van der Waals surface area contributed by atoms with Gasteiger partial charge in [0, 0.05) is 11.6 Å². The molecule has 19 heavy (non-hydrogen) atoms. The molecule has 0 aliphatic carbocycles. The highest BCUT2D eigenvalue weighted by Crippen LogP contribution is 2.22. The fourth-order valence-corrected chi connectivity index (χ4v) is 1.09. The minimum absolute atomic E-state index is 0.0790. The van der Waals surface area contributed by atoms with Crippen molar-refractivity contribution in [2.75, 3.05) is 0 Å². The van der Waals surface area contributed by atoms with E-state index in [0.717, 1.165) is 0 Å². The molecule has 106 valence electrons. The number of ether oxygens (including phenoxy) is 1. The first-order valence-electron chi connectivity index (χ1n) is 5.67. The smallest absolute Gasteiger partial charge is 0.406 e. The SMILES string of the molecule is CC(C)(C)C=NOCc1ccc(OC(F)(F)F)cc1. The van der Waals surface area contributed by atoms with E-state index in [2.05, 4.69) is 9.89 Å². The van der Waals surface area contributed by atoms with E-state index in [0.29, 0.717) is 5.56 Å². The highest BCUT2D eigenvalue weighted by Gasteiger charge is 2.30. The fourth-order valence-electron chi connectivity index (χ4n) is 1.09. The maximum atomic E-state index is 11.9. The molecule has 0 aliphatic heterocycles. The quantitative estimate of drug-likeness (QED) is 0.611. The molecule has 1 rings (SSSR count). The molecule has 0 radical (unpaired) electrons. The van der Waals surface area contributed by atoms with Crippen molar-refractivity contribution in [3.8, 4) is 5.75 Å². The molecule has 0 saturated carbocycles. The predicted molar refractivity (Wildman–Crippen MR) is 65.9 cm³/mol. The average molecular weight is 275 g/mol. The van der Waals surface area contributed by atoms with Crippen molar-refractivity contribution >= 4 is 6.21 Å². The molecule has 1 aromatic carbocycles. The summed E-state index contributed by atoms with van der Waals surface area (Å²) < 4.78 is 39.6. The summed E-state index contributed by atoms with van der Waals surface area (Å²) in [7, 11) is 0. The Morgan fingerprint density at radius 2 is 1.68 bits per heavy atom. The van der Waals surface area contributed by atoms with E-state index in [9.17, 15) is 13.2 Å². The number of rotatable bonds is 4. The number of benzene rings is 1. The Hall–Kier alpha value is -1.72. The molecule has 6 heteroatoms. The van der Waals surface area contributed by atoms with Crippen LogP contribution in [0.1, 0.15) is 26.3 Å². The number of halogens is 3. The zero-order chi connectivity index (χ0) is 14.5. The van der Waals surface area contributed by atoms with Crippen molar-refractivity contribution in [2.45, 2.75) is 33.7 Å². The van der Waals surface area contributed by atoms with E-state index in [1.165, 1.54) is 24.3 Å². The van der Waals surface area contributed by atoms with Crippen molar-refractivity contribution in [1.29, 1.82) is 0 Å². The number of alkyl halides is 3. The van der Waals surface area contributed by atoms with Gasteiger partial charge in [-0.3, -0.25) is 0 Å². The van der Waals surface area contributed by atoms with Gasteiger partial charge in [-0.25, -0.2) is 0 Å². The van der Waals surface area contributed by atoms with Crippen LogP contribution in [0.4, 0.5) is 13.2 Å². The van der Waals surface area contributed by atoms with Crippen LogP contribution in [-0.2, 0) is 11.4 Å². The number of hydrogen-bond acceptors (Lipinski definition) is 3. The lowest BCUT2D eigenvalue weighted by molar-refractivity contribution is -0.274. The lowest BCUT2D eigenvalue weighted by atomic mass is 10.00. The van der Waals surface area contributed by atoms with Crippen molar-refractivity contribution in [3.05, 3.63) is 29.8 Å². The predicted octanol–water partition coefficient (Wildman–Crippen LogP) is 4.13. The average Bonchev–Trinajstić information content (AvgIpc) is 2.23. The summed E-state index contributed by atoms with van der Waals surface area (Å²) in [5.41, 5.74) is 0.630. The fraction of sp³-hybridized carbons (Fsp3) is 0.462. The van der Waals surface area contributed by atoms with Crippen LogP contribution in [0.25, 0.3) is 0 Å². The molecule has 0 fully saturated rings. The first-order chi connectivity index (χ1) is 8.66. The molecule has 0 aliphatic rings. The summed E-state index contributed by atoms with van der Waals surface area (Å²) in [6, 6.07) is 5.46. The van der Waals surface area contributed by atoms with E-state index in [1.807, 2.05) is 20.8 Å². The van der Waals surface area contributed by atoms with E-state index in [4.69, 9.17) is 4.84 Å². The van der Waals surface area contributed by atoms with Crippen LogP contribution < -0.4 is 4.74 Å². The Kier molecular flexibility index (Phi) is 4.80. The first kappa shape index (κ1) is 15.3. The Morgan fingerprint density at radius 1 is 1.11 bits per heavy atom. The van der Waals surface area contributed by atoms with Gasteiger partial charge in [-0.1, -0.05) is 38.1 Å². The third kappa shape index (κ3) is 7.33. The summed E-state index contributed by atoms with van der Waals surface area (Å²) in [4.78, 5) is 5.04. The Morgan fingerprint density at radius 3 is 2.16 bits per heavy atom. The zero-order valence-electron chi connectivity index (χ0n) is 11.0. The van der Waals surface area contributed by atoms with Crippen LogP contribution in [-0.4, -0.2) is 12.6 Å². The monoisotopic (exact) mass is 275 g/mol. The maximum Gasteiger partial charge on any atom is 0.573 e. The third-order valence-electron chi connectivity index (χ3n) is 1.90. The van der Waals surface area contributed by atoms with Crippen LogP contribution in [0.2, 0.25) is 0 Å². The maximum absolute atomic E-state index is 11.9. The molecular weight excluding hydrogens is 259 g/mol. The van der Waals surface area contributed by atoms with Crippen LogP contribution >= 0.6 is 0 Å². The summed E-state index contributed by atoms with van der Waals surface area (Å²) in [6.45, 7) is 6.12. The van der Waals surface area contributed by atoms with Crippen molar-refractivity contribution in [3.63, 3.8) is 0 Å². The van der Waals surface area contributed by atoms with Gasteiger partial charge in [0.05, 0.1) is 0 Å². The van der Waals surface area contributed by atoms with Crippen molar-refractivity contribution in [2.24, 2.45) is 10.6 Å². The van der Waals surface area contributed by atoms with Gasteiger partial charge in [0.15, 0.2) is 0 Å². The molecule has 0 spiro atoms. The molecule has 0 N–H and O–H groups in total. The lowest BCUT2D eigenvalue weighted by Crippen LogP contribution is -2.17. The van der Waals surface area contributed by atoms with Gasteiger partial charge in [0.2, 0.25) is 0 Å². The second-order valence-corrected chi connectivity index (χ2v) is 5.07. The van der Waals surface area contributed by atoms with Gasteiger partial charge >= 0.3 is 6.36 Å². The topological polar surface area (TPSA) is 30.8 Å². The van der Waals surface area contributed by atoms with Gasteiger partial charge < -0.3 is 9.57 Å². The van der Waals surface area contributed by atoms with Gasteiger partial charge in [-0.2, -0.15) is 0 Å². The summed E-state index contributed by atoms with van der Waals surface area (Å²) in [6.07, 6.45) is -3.01. The lowest BCUT2D eigenvalue weighted by Gasteiger charge is -2.10. The summed E-state index contributed by atoms with van der Waals surface area (Å²) >= 11 is 0. The molecule has 0 heterocycles. The minimum atomic E-state index is -4.67.